The second kappa shape index (κ2) is 10.7. The summed E-state index contributed by atoms with van der Waals surface area (Å²) in [7, 11) is 0. The van der Waals surface area contributed by atoms with Crippen LogP contribution in [-0.4, -0.2) is 23.3 Å². The molecule has 2 aliphatic heterocycles. The average molecular weight is 530 g/mol. The van der Waals surface area contributed by atoms with Gasteiger partial charge in [0.25, 0.3) is 0 Å². The van der Waals surface area contributed by atoms with Crippen molar-refractivity contribution < 1.29 is 9.59 Å². The summed E-state index contributed by atoms with van der Waals surface area (Å²) in [6, 6.07) is 38.7. The second-order valence-corrected chi connectivity index (χ2v) is 11.0. The predicted molar refractivity (Wildman–Crippen MR) is 157 cm³/mol. The Morgan fingerprint density at radius 2 is 1.23 bits per heavy atom. The standard InChI is InChI=1S/C35H35N3O2/c1-3-36-34(40)38-30(25-18-10-5-11-19-25)28-29(24-16-8-4-9-17-24)37-31(26-20-12-6-13-21-26)35(2,33(28)39)32(38)27-22-14-7-15-23-27/h4-23,28-32,37H,3H2,1-2H3,(H,36,40). The lowest BCUT2D eigenvalue weighted by Gasteiger charge is -2.61. The number of ketones is 1. The van der Waals surface area contributed by atoms with E-state index in [9.17, 15) is 4.79 Å². The van der Waals surface area contributed by atoms with Gasteiger partial charge < -0.3 is 15.5 Å². The summed E-state index contributed by atoms with van der Waals surface area (Å²) in [4.78, 5) is 31.4. The molecule has 2 aliphatic rings. The summed E-state index contributed by atoms with van der Waals surface area (Å²) < 4.78 is 0. The minimum atomic E-state index is -0.936. The average Bonchev–Trinajstić information content (AvgIpc) is 3.00. The van der Waals surface area contributed by atoms with E-state index in [0.29, 0.717) is 6.54 Å². The number of rotatable bonds is 5. The highest BCUT2D eigenvalue weighted by Gasteiger charge is 2.65. The van der Waals surface area contributed by atoms with Gasteiger partial charge in [-0.25, -0.2) is 4.79 Å². The number of amides is 2. The van der Waals surface area contributed by atoms with Crippen LogP contribution >= 0.6 is 0 Å². The number of nitrogens with one attached hydrogen (secondary N) is 2. The fourth-order valence-corrected chi connectivity index (χ4v) is 7.05. The van der Waals surface area contributed by atoms with E-state index in [2.05, 4.69) is 41.8 Å². The molecule has 4 aromatic rings. The Morgan fingerprint density at radius 1 is 0.750 bits per heavy atom. The summed E-state index contributed by atoms with van der Waals surface area (Å²) in [5.74, 6) is -0.311. The van der Waals surface area contributed by atoms with Crippen molar-refractivity contribution in [1.29, 1.82) is 0 Å². The highest BCUT2D eigenvalue weighted by molar-refractivity contribution is 5.94. The molecule has 2 bridgehead atoms. The molecule has 2 fully saturated rings. The maximum absolute atomic E-state index is 15.2. The summed E-state index contributed by atoms with van der Waals surface area (Å²) in [6.45, 7) is 4.49. The lowest BCUT2D eigenvalue weighted by atomic mass is 9.55. The van der Waals surface area contributed by atoms with E-state index >= 15 is 4.79 Å². The van der Waals surface area contributed by atoms with Gasteiger partial charge in [-0.15, -0.1) is 0 Å². The number of carbonyl (C=O) groups excluding carboxylic acids is 2. The summed E-state index contributed by atoms with van der Waals surface area (Å²) in [5.41, 5.74) is 3.04. The van der Waals surface area contributed by atoms with Gasteiger partial charge in [0.15, 0.2) is 0 Å². The van der Waals surface area contributed by atoms with Crippen LogP contribution in [0.15, 0.2) is 121 Å². The van der Waals surface area contributed by atoms with Gasteiger partial charge >= 0.3 is 6.03 Å². The molecular formula is C35H35N3O2. The molecular weight excluding hydrogens is 494 g/mol. The molecule has 202 valence electrons. The Bertz CT molecular complexity index is 1460. The maximum atomic E-state index is 15.2. The molecule has 6 atom stereocenters. The number of nitrogens with zero attached hydrogens (tertiary/aromatic N) is 1. The van der Waals surface area contributed by atoms with Crippen LogP contribution < -0.4 is 10.6 Å². The fraction of sp³-hybridized carbons (Fsp3) is 0.257. The molecule has 2 amide bonds. The molecule has 0 saturated carbocycles. The Hall–Kier alpha value is -4.22. The molecule has 0 radical (unpaired) electrons. The molecule has 5 heteroatoms. The largest absolute Gasteiger partial charge is 0.338 e. The number of fused-ring (bicyclic) bond motifs is 2. The number of carbonyl (C=O) groups is 2. The SMILES string of the molecule is CCNC(=O)N1C(c2ccccc2)C2C(=O)C(C)(C(c3ccccc3)NC2c2ccccc2)C1c1ccccc1. The number of hydrogen-bond acceptors (Lipinski definition) is 3. The normalized spacial score (nSPS) is 27.7. The molecule has 2 heterocycles. The summed E-state index contributed by atoms with van der Waals surface area (Å²) in [5, 5.41) is 7.07. The zero-order chi connectivity index (χ0) is 27.7. The van der Waals surface area contributed by atoms with Gasteiger partial charge in [0.05, 0.1) is 23.4 Å². The summed E-state index contributed by atoms with van der Waals surface area (Å²) in [6.07, 6.45) is 0. The van der Waals surface area contributed by atoms with Gasteiger partial charge in [0.1, 0.15) is 5.78 Å². The molecule has 6 unspecified atom stereocenters. The first-order chi connectivity index (χ1) is 19.6. The predicted octanol–water partition coefficient (Wildman–Crippen LogP) is 6.79. The maximum Gasteiger partial charge on any atom is 0.318 e. The number of piperidine rings is 2. The molecule has 0 aromatic heterocycles. The molecule has 6 rings (SSSR count). The van der Waals surface area contributed by atoms with Gasteiger partial charge in [-0.2, -0.15) is 0 Å². The first-order valence-electron chi connectivity index (χ1n) is 14.1. The quantitative estimate of drug-likeness (QED) is 0.299. The first-order valence-corrected chi connectivity index (χ1v) is 14.1. The number of hydrogen-bond donors (Lipinski definition) is 2. The molecule has 2 saturated heterocycles. The zero-order valence-corrected chi connectivity index (χ0v) is 22.9. The summed E-state index contributed by atoms with van der Waals surface area (Å²) >= 11 is 0. The Balaban J connectivity index is 1.65. The van der Waals surface area contributed by atoms with E-state index in [-0.39, 0.29) is 23.9 Å². The highest BCUT2D eigenvalue weighted by Crippen LogP contribution is 2.62. The van der Waals surface area contributed by atoms with E-state index in [1.807, 2.05) is 109 Å². The van der Waals surface area contributed by atoms with Crippen LogP contribution in [0.3, 0.4) is 0 Å². The van der Waals surface area contributed by atoms with Gasteiger partial charge in [-0.3, -0.25) is 4.79 Å². The van der Waals surface area contributed by atoms with Crippen molar-refractivity contribution in [3.63, 3.8) is 0 Å². The van der Waals surface area contributed by atoms with E-state index in [1.165, 1.54) is 0 Å². The smallest absolute Gasteiger partial charge is 0.318 e. The van der Waals surface area contributed by atoms with Gasteiger partial charge in [-0.05, 0) is 36.1 Å². The van der Waals surface area contributed by atoms with Crippen LogP contribution in [0.2, 0.25) is 0 Å². The van der Waals surface area contributed by atoms with E-state index in [0.717, 1.165) is 22.3 Å². The van der Waals surface area contributed by atoms with Crippen molar-refractivity contribution in [2.24, 2.45) is 11.3 Å². The van der Waals surface area contributed by atoms with E-state index in [4.69, 9.17) is 0 Å². The fourth-order valence-electron chi connectivity index (χ4n) is 7.05. The Labute approximate surface area is 236 Å². The minimum absolute atomic E-state index is 0.158. The monoisotopic (exact) mass is 529 g/mol. The van der Waals surface area contributed by atoms with Crippen LogP contribution in [0, 0.1) is 11.3 Å². The molecule has 2 N–H and O–H groups in total. The van der Waals surface area contributed by atoms with Gasteiger partial charge in [-0.1, -0.05) is 121 Å². The minimum Gasteiger partial charge on any atom is -0.338 e. The topological polar surface area (TPSA) is 61.4 Å². The van der Waals surface area contributed by atoms with Crippen molar-refractivity contribution in [2.75, 3.05) is 6.54 Å². The second-order valence-electron chi connectivity index (χ2n) is 11.0. The lowest BCUT2D eigenvalue weighted by Crippen LogP contribution is -2.68. The molecule has 0 spiro atoms. The third-order valence-corrected chi connectivity index (χ3v) is 8.74. The first kappa shape index (κ1) is 26.0. The number of urea groups is 1. The van der Waals surface area contributed by atoms with Crippen molar-refractivity contribution in [3.8, 4) is 0 Å². The number of Topliss-reactive ketones (excluding diaryl/α,β-unsaturated/α-hetero) is 1. The molecule has 40 heavy (non-hydrogen) atoms. The van der Waals surface area contributed by atoms with Crippen molar-refractivity contribution in [1.82, 2.24) is 15.5 Å². The van der Waals surface area contributed by atoms with E-state index in [1.54, 1.807) is 0 Å². The van der Waals surface area contributed by atoms with Crippen molar-refractivity contribution >= 4 is 11.8 Å². The molecule has 4 aromatic carbocycles. The third kappa shape index (κ3) is 4.22. The van der Waals surface area contributed by atoms with Crippen molar-refractivity contribution in [3.05, 3.63) is 144 Å². The lowest BCUT2D eigenvalue weighted by molar-refractivity contribution is -0.160. The van der Waals surface area contributed by atoms with Crippen molar-refractivity contribution in [2.45, 2.75) is 38.0 Å². The zero-order valence-electron chi connectivity index (χ0n) is 22.9. The number of likely N-dealkylation sites (tertiary alicyclic amines) is 1. The third-order valence-electron chi connectivity index (χ3n) is 8.74. The van der Waals surface area contributed by atoms with Crippen LogP contribution in [-0.2, 0) is 4.79 Å². The Kier molecular flexibility index (Phi) is 6.99. The van der Waals surface area contributed by atoms with Crippen LogP contribution in [0.25, 0.3) is 0 Å². The highest BCUT2D eigenvalue weighted by atomic mass is 16.2. The molecule has 5 nitrogen and oxygen atoms in total. The van der Waals surface area contributed by atoms with Crippen LogP contribution in [0.4, 0.5) is 4.79 Å². The van der Waals surface area contributed by atoms with Crippen LogP contribution in [0.1, 0.15) is 60.3 Å². The van der Waals surface area contributed by atoms with Crippen LogP contribution in [0.5, 0.6) is 0 Å². The van der Waals surface area contributed by atoms with E-state index < -0.39 is 23.4 Å². The Morgan fingerprint density at radius 3 is 1.75 bits per heavy atom. The van der Waals surface area contributed by atoms with Gasteiger partial charge in [0, 0.05) is 18.6 Å². The number of benzene rings is 4. The molecule has 0 aliphatic carbocycles. The van der Waals surface area contributed by atoms with Gasteiger partial charge in [0.2, 0.25) is 0 Å².